The second-order valence-electron chi connectivity index (χ2n) is 24.3. The molecule has 0 aromatic carbocycles. The van der Waals surface area contributed by atoms with Gasteiger partial charge in [0.1, 0.15) is 36.3 Å². The number of carbonyl (C=O) groups is 3. The van der Waals surface area contributed by atoms with Crippen molar-refractivity contribution in [2.45, 2.75) is 156 Å². The van der Waals surface area contributed by atoms with Crippen LogP contribution < -0.4 is 16.4 Å². The van der Waals surface area contributed by atoms with E-state index in [9.17, 15) is 71.5 Å². The van der Waals surface area contributed by atoms with Crippen LogP contribution in [-0.2, 0) is 50.7 Å². The van der Waals surface area contributed by atoms with E-state index in [0.29, 0.717) is 30.1 Å². The van der Waals surface area contributed by atoms with Crippen LogP contribution in [0, 0.1) is 57.7 Å². The molecule has 5 fully saturated rings. The van der Waals surface area contributed by atoms with Crippen molar-refractivity contribution in [3.05, 3.63) is 24.3 Å². The van der Waals surface area contributed by atoms with Gasteiger partial charge in [-0.3, -0.25) is 32.5 Å². The molecule has 16 atom stereocenters. The van der Waals surface area contributed by atoms with E-state index < -0.39 is 130 Å². The molecule has 1 saturated heterocycles. The molecule has 3 heterocycles. The average Bonchev–Trinajstić information content (AvgIpc) is 4.07. The number of rotatable bonds is 24. The summed E-state index contributed by atoms with van der Waals surface area (Å²) >= 11 is 0. The molecule has 0 bridgehead atoms. The second-order valence-corrected chi connectivity index (χ2v) is 31.8. The maximum absolute atomic E-state index is 14.5. The number of nitrogen functional groups attached to an aromatic ring is 1. The first kappa shape index (κ1) is 64.7. The van der Waals surface area contributed by atoms with Gasteiger partial charge in [-0.15, -0.1) is 0 Å². The fourth-order valence-electron chi connectivity index (χ4n) is 14.3. The summed E-state index contributed by atoms with van der Waals surface area (Å²) in [5.74, 6) is -0.828. The summed E-state index contributed by atoms with van der Waals surface area (Å²) in [7, 11) is -22.6. The largest absolute Gasteiger partial charge is 0.481 e. The van der Waals surface area contributed by atoms with Gasteiger partial charge >= 0.3 is 23.5 Å². The molecule has 80 heavy (non-hydrogen) atoms. The van der Waals surface area contributed by atoms with Crippen molar-refractivity contribution in [3.8, 4) is 0 Å². The third kappa shape index (κ3) is 14.3. The molecule has 4 aliphatic carbocycles. The van der Waals surface area contributed by atoms with E-state index in [1.807, 2.05) is 0 Å². The molecule has 2 amide bonds. The number of thiol groups is 1. The highest BCUT2D eigenvalue weighted by molar-refractivity contribution is 8.47. The molecule has 0 radical (unpaired) electrons. The lowest BCUT2D eigenvalue weighted by atomic mass is 9.42. The van der Waals surface area contributed by atoms with Gasteiger partial charge in [0.05, 0.1) is 19.5 Å². The molecule has 13 N–H and O–H groups in total. The lowest BCUT2D eigenvalue weighted by Crippen LogP contribution is -2.58. The van der Waals surface area contributed by atoms with Crippen LogP contribution >= 0.6 is 33.5 Å². The standard InChI is InChI=1S/C49H84N7O20P3S/c1-28(2)10-8-11-29(3)32-16-17-33-31-15-14-30-12-9-13-35(49(30,7)34(31)18-20-48(32,33)6)46(61)80(69,70,71)23-22-51-37(57)19-21-52-44(60)41(59)47(4,5)25-73-79(67,68)76-78(65,66)72-24-36-40(75-77(62,63)64)39(58)45(74-36)56-27-55-38-42(50)53-26-54-43(38)56/h10,26-27,29-36,39-41,45,58-59,69-71,80H,8-9,11-25H2,1-7H3,(H,51,57)(H,52,60)(H,65,66)(H,67,68)(H2,50,53,54)(H2,62,63,64)/t29-,30+,31+,32-,33+,34+,35?,36-,39-,40-,41?,45-,48-,49+/m1/s1. The van der Waals surface area contributed by atoms with Crippen LogP contribution in [0.3, 0.4) is 0 Å². The number of aliphatic hydroxyl groups is 2. The number of carbonyl (C=O) groups excluding carboxylic acids is 3. The number of hydrogen-bond acceptors (Lipinski definition) is 20. The van der Waals surface area contributed by atoms with Crippen LogP contribution in [0.15, 0.2) is 24.3 Å². The molecule has 4 unspecified atom stereocenters. The number of hydrogen-bond donors (Lipinski definition) is 13. The molecule has 4 saturated carbocycles. The Bertz CT molecular complexity index is 2770. The first-order valence-corrected chi connectivity index (χ1v) is 34.1. The summed E-state index contributed by atoms with van der Waals surface area (Å²) in [6, 6.07) is 0. The Hall–Kier alpha value is -2.82. The molecule has 27 nitrogen and oxygen atoms in total. The third-order valence-corrected chi connectivity index (χ3v) is 23.7. The number of nitrogens with one attached hydrogen (secondary N) is 2. The molecule has 0 spiro atoms. The highest BCUT2D eigenvalue weighted by Gasteiger charge is 2.64. The van der Waals surface area contributed by atoms with E-state index in [-0.39, 0.29) is 40.8 Å². The monoisotopic (exact) mass is 1220 g/mol. The number of fused-ring (bicyclic) bond motifs is 6. The van der Waals surface area contributed by atoms with Crippen LogP contribution in [0.1, 0.15) is 132 Å². The van der Waals surface area contributed by atoms with Crippen molar-refractivity contribution in [1.29, 1.82) is 0 Å². The lowest BCUT2D eigenvalue weighted by Gasteiger charge is -2.64. The maximum atomic E-state index is 14.5. The number of phosphoric acid groups is 3. The van der Waals surface area contributed by atoms with E-state index in [1.165, 1.54) is 25.8 Å². The maximum Gasteiger partial charge on any atom is 0.481 e. The van der Waals surface area contributed by atoms with Gasteiger partial charge in [0.15, 0.2) is 17.7 Å². The Morgan fingerprint density at radius 1 is 0.950 bits per heavy atom. The first-order valence-electron chi connectivity index (χ1n) is 27.3. The van der Waals surface area contributed by atoms with E-state index in [4.69, 9.17) is 19.5 Å². The van der Waals surface area contributed by atoms with Gasteiger partial charge in [-0.2, -0.15) is 4.31 Å². The third-order valence-electron chi connectivity index (χ3n) is 18.4. The fraction of sp³-hybridized carbons (Fsp3) is 0.796. The predicted octanol–water partition coefficient (Wildman–Crippen LogP) is 6.08. The number of amides is 2. The number of anilines is 1. The summed E-state index contributed by atoms with van der Waals surface area (Å²) in [5.41, 5.74) is 5.18. The zero-order chi connectivity index (χ0) is 59.2. The number of allylic oxidation sites excluding steroid dienone is 2. The van der Waals surface area contributed by atoms with Crippen LogP contribution in [0.25, 0.3) is 11.2 Å². The Kier molecular flexibility index (Phi) is 19.6. The topological polar surface area (TPSA) is 424 Å². The SMILES string of the molecule is CC(C)=CCC[C@@H](C)[C@H]1CC[C@H]2[C@@H]3CC[C@@H]4CCCC(C(=O)[SH](O)(O)(O)CCNC(=O)CCNC(=O)C(O)C(C)(C)COP(=O)(O)OP(=O)(O)OC[C@H]5O[C@@H](n6cnc7c(N)ncnc76)[C@H](O)[C@@H]5OP(=O)(O)O)[C@]4(C)[C@H]3CC[C@]12C. The van der Waals surface area contributed by atoms with Crippen molar-refractivity contribution < 1.29 is 94.1 Å². The van der Waals surface area contributed by atoms with Gasteiger partial charge in [0.2, 0.25) is 16.9 Å². The van der Waals surface area contributed by atoms with Crippen molar-refractivity contribution in [2.24, 2.45) is 57.7 Å². The lowest BCUT2D eigenvalue weighted by molar-refractivity contribution is -0.153. The Labute approximate surface area is 465 Å². The Morgan fingerprint density at radius 2 is 1.65 bits per heavy atom. The minimum absolute atomic E-state index is 0.0155. The fourth-order valence-corrected chi connectivity index (χ4v) is 18.9. The number of imidazole rings is 1. The number of aliphatic hydroxyl groups excluding tert-OH is 2. The summed E-state index contributed by atoms with van der Waals surface area (Å²) in [4.78, 5) is 91.9. The van der Waals surface area contributed by atoms with Crippen molar-refractivity contribution in [2.75, 3.05) is 37.8 Å². The first-order chi connectivity index (χ1) is 37.0. The molecular formula is C49H84N7O20P3S. The predicted molar refractivity (Wildman–Crippen MR) is 293 cm³/mol. The number of ether oxygens (including phenoxy) is 1. The minimum atomic E-state index is -6.00. The minimum Gasteiger partial charge on any atom is -0.386 e. The van der Waals surface area contributed by atoms with E-state index in [2.05, 4.69) is 75.1 Å². The Balaban J connectivity index is 0.858. The number of aromatic nitrogens is 4. The summed E-state index contributed by atoms with van der Waals surface area (Å²) in [5, 5.41) is 25.7. The van der Waals surface area contributed by atoms with Gasteiger partial charge in [0, 0.05) is 36.6 Å². The zero-order valence-electron chi connectivity index (χ0n) is 46.4. The van der Waals surface area contributed by atoms with Crippen LogP contribution in [0.4, 0.5) is 5.82 Å². The summed E-state index contributed by atoms with van der Waals surface area (Å²) in [6.07, 6.45) is 5.67. The van der Waals surface area contributed by atoms with E-state index in [1.54, 1.807) is 0 Å². The van der Waals surface area contributed by atoms with Crippen LogP contribution in [0.5, 0.6) is 0 Å². The quantitative estimate of drug-likeness (QED) is 0.0321. The molecular weight excluding hydrogens is 1130 g/mol. The molecule has 31 heteroatoms. The number of phosphoric ester groups is 3. The molecule has 1 aliphatic heterocycles. The van der Waals surface area contributed by atoms with Crippen LogP contribution in [-0.4, -0.2) is 136 Å². The van der Waals surface area contributed by atoms with E-state index in [0.717, 1.165) is 75.0 Å². The summed E-state index contributed by atoms with van der Waals surface area (Å²) in [6.45, 7) is 10.8. The highest BCUT2D eigenvalue weighted by Crippen LogP contribution is 2.72. The normalized spacial score (nSPS) is 32.7. The van der Waals surface area contributed by atoms with Gasteiger partial charge in [0.25, 0.3) is 0 Å². The number of nitrogens with two attached hydrogens (primary N) is 1. The van der Waals surface area contributed by atoms with Gasteiger partial charge in [-0.25, -0.2) is 28.6 Å². The van der Waals surface area contributed by atoms with Gasteiger partial charge in [-0.1, -0.05) is 52.7 Å². The highest BCUT2D eigenvalue weighted by atomic mass is 32.3. The summed E-state index contributed by atoms with van der Waals surface area (Å²) < 4.78 is 97.6. The Morgan fingerprint density at radius 3 is 2.34 bits per heavy atom. The molecule has 2 aromatic rings. The molecule has 456 valence electrons. The molecule has 7 rings (SSSR count). The van der Waals surface area contributed by atoms with Gasteiger partial charge < -0.3 is 64.5 Å². The molecule has 5 aliphatic rings. The van der Waals surface area contributed by atoms with Crippen molar-refractivity contribution in [3.63, 3.8) is 0 Å². The van der Waals surface area contributed by atoms with Crippen LogP contribution in [0.2, 0.25) is 0 Å². The smallest absolute Gasteiger partial charge is 0.386 e. The second kappa shape index (κ2) is 24.3. The van der Waals surface area contributed by atoms with Crippen molar-refractivity contribution >= 4 is 67.4 Å². The van der Waals surface area contributed by atoms with E-state index >= 15 is 0 Å². The molecule has 2 aromatic heterocycles. The average molecular weight is 1220 g/mol. The van der Waals surface area contributed by atoms with Gasteiger partial charge in [-0.05, 0) is 134 Å². The van der Waals surface area contributed by atoms with Crippen molar-refractivity contribution in [1.82, 2.24) is 30.2 Å². The zero-order valence-corrected chi connectivity index (χ0v) is 49.9. The number of nitrogens with zero attached hydrogens (tertiary/aromatic N) is 4.